The minimum absolute atomic E-state index is 0.812. The molecular weight excluding hydrogens is 559 g/mol. The standard InChI is InChI=1S/C41H30BN4/c43-28-42(29-44)46-38(33-22-12-4-13-23-33)27-36(31-18-8-2-9-19-31)41(46)39(34-24-14-5-15-25-34)40-35(30-16-6-1-7-17-30)26-37(45-40)32-20-10-3-11-21-32/h1-6,8-16,18-27,45H,7,17H2/b41-39-. The average molecular weight is 590 g/mol. The Hall–Kier alpha value is -6.17. The molecular formula is C41H30BN4. The number of nitriles is 2. The van der Waals surface area contributed by atoms with E-state index < -0.39 is 6.85 Å². The van der Waals surface area contributed by atoms with Crippen LogP contribution >= 0.6 is 0 Å². The highest BCUT2D eigenvalue weighted by Gasteiger charge is 2.37. The summed E-state index contributed by atoms with van der Waals surface area (Å²) in [5, 5.41) is 20.9. The minimum Gasteiger partial charge on any atom is -0.409 e. The van der Waals surface area contributed by atoms with Crippen molar-refractivity contribution in [3.05, 3.63) is 185 Å². The van der Waals surface area contributed by atoms with Gasteiger partial charge in [-0.25, -0.2) is 10.5 Å². The largest absolute Gasteiger partial charge is 0.428 e. The quantitative estimate of drug-likeness (QED) is 0.193. The Morgan fingerprint density at radius 3 is 1.89 bits per heavy atom. The van der Waals surface area contributed by atoms with Crippen LogP contribution in [0.3, 0.4) is 0 Å². The molecule has 2 aliphatic rings. The molecule has 0 saturated heterocycles. The number of allylic oxidation sites excluding steroid dienone is 6. The van der Waals surface area contributed by atoms with Crippen molar-refractivity contribution in [1.82, 2.24) is 4.98 Å². The number of H-pyrrole nitrogens is 1. The normalized spacial score (nSPS) is 15.3. The van der Waals surface area contributed by atoms with Crippen molar-refractivity contribution in [2.45, 2.75) is 12.8 Å². The SMILES string of the molecule is N#C[B-](C#N)[N+]1=C(c2ccccc2)C=C(c2ccccc2)/C1=C(\c1ccccc1)c1[nH]c(-c2ccccc2)cc1C1=CC=CCC1. The van der Waals surface area contributed by atoms with E-state index in [-0.39, 0.29) is 0 Å². The number of hydrogen-bond acceptors (Lipinski definition) is 2. The Morgan fingerprint density at radius 1 is 0.717 bits per heavy atom. The van der Waals surface area contributed by atoms with Gasteiger partial charge in [0.1, 0.15) is 0 Å². The Bertz CT molecular complexity index is 2120. The minimum atomic E-state index is -1.06. The molecule has 0 saturated carbocycles. The van der Waals surface area contributed by atoms with Crippen molar-refractivity contribution in [3.63, 3.8) is 0 Å². The number of rotatable bonds is 7. The molecule has 0 amide bonds. The first kappa shape index (κ1) is 28.6. The summed E-state index contributed by atoms with van der Waals surface area (Å²) < 4.78 is 1.93. The van der Waals surface area contributed by atoms with E-state index in [0.29, 0.717) is 0 Å². The summed E-state index contributed by atoms with van der Waals surface area (Å²) in [6, 6.07) is 43.2. The molecule has 217 valence electrons. The molecule has 0 fully saturated rings. The predicted molar refractivity (Wildman–Crippen MR) is 187 cm³/mol. The summed E-state index contributed by atoms with van der Waals surface area (Å²) >= 11 is 0. The van der Waals surface area contributed by atoms with Crippen molar-refractivity contribution in [2.24, 2.45) is 0 Å². The van der Waals surface area contributed by atoms with Gasteiger partial charge in [-0.2, -0.15) is 0 Å². The second kappa shape index (κ2) is 12.8. The monoisotopic (exact) mass is 589 g/mol. The lowest BCUT2D eigenvalue weighted by Crippen LogP contribution is -2.32. The number of aromatic amines is 1. The van der Waals surface area contributed by atoms with Crippen LogP contribution < -0.4 is 0 Å². The van der Waals surface area contributed by atoms with Gasteiger partial charge in [-0.15, -0.1) is 0 Å². The van der Waals surface area contributed by atoms with Crippen LogP contribution in [-0.2, 0) is 0 Å². The third kappa shape index (κ3) is 5.36. The topological polar surface area (TPSA) is 66.4 Å². The van der Waals surface area contributed by atoms with Crippen LogP contribution in [0.1, 0.15) is 40.8 Å². The van der Waals surface area contributed by atoms with Gasteiger partial charge in [0.05, 0.1) is 16.8 Å². The van der Waals surface area contributed by atoms with E-state index in [1.54, 1.807) is 0 Å². The fourth-order valence-corrected chi connectivity index (χ4v) is 6.37. The van der Waals surface area contributed by atoms with Gasteiger partial charge < -0.3 is 9.47 Å². The maximum absolute atomic E-state index is 10.5. The average Bonchev–Trinajstić information content (AvgIpc) is 3.75. The van der Waals surface area contributed by atoms with Gasteiger partial charge in [0.2, 0.25) is 0 Å². The molecule has 2 heterocycles. The predicted octanol–water partition coefficient (Wildman–Crippen LogP) is 8.89. The molecule has 1 aromatic heterocycles. The molecule has 4 nitrogen and oxygen atoms in total. The molecule has 5 aromatic rings. The molecule has 1 aliphatic heterocycles. The van der Waals surface area contributed by atoms with Crippen LogP contribution in [0, 0.1) is 22.5 Å². The van der Waals surface area contributed by atoms with Crippen LogP contribution in [0.25, 0.3) is 28.0 Å². The maximum atomic E-state index is 10.5. The Kier molecular flexibility index (Phi) is 7.97. The van der Waals surface area contributed by atoms with Crippen LogP contribution in [-0.4, -0.2) is 22.0 Å². The Morgan fingerprint density at radius 2 is 1.30 bits per heavy atom. The molecule has 0 bridgehead atoms. The zero-order valence-electron chi connectivity index (χ0n) is 25.3. The molecule has 46 heavy (non-hydrogen) atoms. The van der Waals surface area contributed by atoms with Crippen molar-refractivity contribution in [3.8, 4) is 23.2 Å². The third-order valence-corrected chi connectivity index (χ3v) is 8.51. The highest BCUT2D eigenvalue weighted by Crippen LogP contribution is 2.43. The fourth-order valence-electron chi connectivity index (χ4n) is 6.37. The third-order valence-electron chi connectivity index (χ3n) is 8.51. The maximum Gasteiger partial charge on any atom is 0.428 e. The molecule has 7 rings (SSSR count). The summed E-state index contributed by atoms with van der Waals surface area (Å²) in [4.78, 5) is 3.84. The smallest absolute Gasteiger partial charge is 0.409 e. The van der Waals surface area contributed by atoms with E-state index in [4.69, 9.17) is 0 Å². The molecule has 5 heteroatoms. The molecule has 1 aliphatic carbocycles. The van der Waals surface area contributed by atoms with Crippen LogP contribution in [0.2, 0.25) is 0 Å². The van der Waals surface area contributed by atoms with Crippen molar-refractivity contribution in [2.75, 3.05) is 0 Å². The molecule has 1 radical (unpaired) electrons. The Balaban J connectivity index is 1.64. The van der Waals surface area contributed by atoms with Gasteiger partial charge in [-0.1, -0.05) is 139 Å². The fraction of sp³-hybridized carbons (Fsp3) is 0.0488. The summed E-state index contributed by atoms with van der Waals surface area (Å²) in [7, 11) is 0. The lowest BCUT2D eigenvalue weighted by molar-refractivity contribution is -0.309. The van der Waals surface area contributed by atoms with Gasteiger partial charge in [-0.3, -0.25) is 0 Å². The Labute approximate surface area is 270 Å². The van der Waals surface area contributed by atoms with Crippen LogP contribution in [0.15, 0.2) is 157 Å². The van der Waals surface area contributed by atoms with Gasteiger partial charge in [0.15, 0.2) is 11.4 Å². The highest BCUT2D eigenvalue weighted by molar-refractivity contribution is 6.68. The summed E-state index contributed by atoms with van der Waals surface area (Å²) in [5.74, 6) is 4.62. The lowest BCUT2D eigenvalue weighted by atomic mass is 9.64. The summed E-state index contributed by atoms with van der Waals surface area (Å²) in [6.07, 6.45) is 10.5. The van der Waals surface area contributed by atoms with Gasteiger partial charge in [0.25, 0.3) is 0 Å². The van der Waals surface area contributed by atoms with Crippen molar-refractivity contribution in [1.29, 1.82) is 10.5 Å². The van der Waals surface area contributed by atoms with E-state index in [9.17, 15) is 10.5 Å². The molecule has 0 spiro atoms. The zero-order chi connectivity index (χ0) is 31.3. The van der Waals surface area contributed by atoms with E-state index in [1.807, 2.05) is 77.3 Å². The van der Waals surface area contributed by atoms with Crippen LogP contribution in [0.4, 0.5) is 0 Å². The van der Waals surface area contributed by atoms with E-state index in [0.717, 1.165) is 74.6 Å². The number of benzene rings is 4. The highest BCUT2D eigenvalue weighted by atomic mass is 15.0. The first-order chi connectivity index (χ1) is 22.8. The molecule has 4 aromatic carbocycles. The van der Waals surface area contributed by atoms with Crippen molar-refractivity contribution >= 4 is 29.3 Å². The number of hydrogen-bond donors (Lipinski definition) is 1. The van der Waals surface area contributed by atoms with Gasteiger partial charge >= 0.3 is 6.85 Å². The summed E-state index contributed by atoms with van der Waals surface area (Å²) in [6.45, 7) is -1.06. The second-order valence-corrected chi connectivity index (χ2v) is 11.3. The van der Waals surface area contributed by atoms with Gasteiger partial charge in [0, 0.05) is 22.9 Å². The van der Waals surface area contributed by atoms with Crippen molar-refractivity contribution < 1.29 is 4.49 Å². The van der Waals surface area contributed by atoms with E-state index in [2.05, 4.69) is 95.8 Å². The van der Waals surface area contributed by atoms with Gasteiger partial charge in [-0.05, 0) is 53.3 Å². The first-order valence-corrected chi connectivity index (χ1v) is 15.5. The number of nitrogens with one attached hydrogen (secondary N) is 1. The summed E-state index contributed by atoms with van der Waals surface area (Å²) in [5.41, 5.74) is 11.9. The molecule has 0 atom stereocenters. The van der Waals surface area contributed by atoms with E-state index in [1.165, 1.54) is 5.57 Å². The first-order valence-electron chi connectivity index (χ1n) is 15.5. The second-order valence-electron chi connectivity index (χ2n) is 11.3. The number of aromatic nitrogens is 1. The molecule has 0 unspecified atom stereocenters. The zero-order valence-corrected chi connectivity index (χ0v) is 25.3. The number of nitrogens with zero attached hydrogens (tertiary/aromatic N) is 3. The van der Waals surface area contributed by atoms with Crippen LogP contribution in [0.5, 0.6) is 0 Å². The molecule has 1 N–H and O–H groups in total. The lowest BCUT2D eigenvalue weighted by Gasteiger charge is -2.21. The van der Waals surface area contributed by atoms with E-state index >= 15 is 0 Å².